The Labute approximate surface area is 106 Å². The highest BCUT2D eigenvalue weighted by Gasteiger charge is 2.15. The lowest BCUT2D eigenvalue weighted by Crippen LogP contribution is -2.30. The molecule has 0 aromatic carbocycles. The van der Waals surface area contributed by atoms with Crippen LogP contribution in [-0.2, 0) is 11.2 Å². The molecule has 1 aromatic rings. The Balaban J connectivity index is 3.26. The molecule has 0 fully saturated rings. The molecule has 0 aliphatic rings. The Bertz CT molecular complexity index is 506. The first-order chi connectivity index (χ1) is 8.38. The number of nitrogens with zero attached hydrogens (tertiary/aromatic N) is 2. The summed E-state index contributed by atoms with van der Waals surface area (Å²) in [6, 6.07) is 0.0779. The molecule has 0 aliphatic heterocycles. The zero-order chi connectivity index (χ0) is 13.9. The van der Waals surface area contributed by atoms with E-state index in [-0.39, 0.29) is 18.2 Å². The molecule has 1 atom stereocenters. The highest BCUT2D eigenvalue weighted by Crippen LogP contribution is 2.17. The van der Waals surface area contributed by atoms with Crippen LogP contribution in [0.3, 0.4) is 0 Å². The van der Waals surface area contributed by atoms with E-state index >= 15 is 0 Å². The van der Waals surface area contributed by atoms with Crippen molar-refractivity contribution in [2.24, 2.45) is 0 Å². The van der Waals surface area contributed by atoms with Gasteiger partial charge in [-0.3, -0.25) is 9.36 Å². The van der Waals surface area contributed by atoms with Crippen molar-refractivity contribution in [3.8, 4) is 0 Å². The smallest absolute Gasteiger partial charge is 0.348 e. The monoisotopic (exact) mass is 252 g/mol. The molecule has 0 spiro atoms. The van der Waals surface area contributed by atoms with Crippen molar-refractivity contribution >= 4 is 5.97 Å². The van der Waals surface area contributed by atoms with Gasteiger partial charge in [0, 0.05) is 23.9 Å². The lowest BCUT2D eigenvalue weighted by atomic mass is 10.1. The van der Waals surface area contributed by atoms with Crippen molar-refractivity contribution in [1.82, 2.24) is 9.55 Å². The van der Waals surface area contributed by atoms with E-state index < -0.39 is 5.97 Å². The molecule has 5 nitrogen and oxygen atoms in total. The van der Waals surface area contributed by atoms with Crippen LogP contribution in [0.15, 0.2) is 4.79 Å². The van der Waals surface area contributed by atoms with Gasteiger partial charge in [-0.25, -0.2) is 4.79 Å². The lowest BCUT2D eigenvalue weighted by molar-refractivity contribution is -0.136. The van der Waals surface area contributed by atoms with Gasteiger partial charge in [-0.05, 0) is 39.2 Å². The van der Waals surface area contributed by atoms with E-state index in [2.05, 4.69) is 4.98 Å². The summed E-state index contributed by atoms with van der Waals surface area (Å²) < 4.78 is 1.66. The molecule has 1 unspecified atom stereocenters. The lowest BCUT2D eigenvalue weighted by Gasteiger charge is -2.19. The van der Waals surface area contributed by atoms with Gasteiger partial charge in [0.1, 0.15) is 0 Å². The molecule has 1 aromatic heterocycles. The predicted molar refractivity (Wildman–Crippen MR) is 68.9 cm³/mol. The average Bonchev–Trinajstić information content (AvgIpc) is 2.27. The molecule has 1 N–H and O–H groups in total. The normalized spacial score (nSPS) is 12.4. The first kappa shape index (κ1) is 14.4. The van der Waals surface area contributed by atoms with E-state index in [9.17, 15) is 9.59 Å². The summed E-state index contributed by atoms with van der Waals surface area (Å²) in [4.78, 5) is 26.5. The molecule has 0 bridgehead atoms. The van der Waals surface area contributed by atoms with Crippen molar-refractivity contribution < 1.29 is 9.90 Å². The summed E-state index contributed by atoms with van der Waals surface area (Å²) >= 11 is 0. The van der Waals surface area contributed by atoms with Gasteiger partial charge in [0.2, 0.25) is 0 Å². The molecule has 18 heavy (non-hydrogen) atoms. The maximum absolute atomic E-state index is 11.9. The number of carboxylic acid groups (broad SMARTS) is 1. The van der Waals surface area contributed by atoms with E-state index in [4.69, 9.17) is 5.11 Å². The Morgan fingerprint density at radius 2 is 2.06 bits per heavy atom. The third-order valence-electron chi connectivity index (χ3n) is 3.32. The second-order valence-electron chi connectivity index (χ2n) is 4.56. The van der Waals surface area contributed by atoms with Gasteiger partial charge in [-0.1, -0.05) is 6.92 Å². The maximum Gasteiger partial charge on any atom is 0.348 e. The van der Waals surface area contributed by atoms with Crippen molar-refractivity contribution in [3.63, 3.8) is 0 Å². The van der Waals surface area contributed by atoms with Gasteiger partial charge >= 0.3 is 11.7 Å². The van der Waals surface area contributed by atoms with Crippen LogP contribution in [0.1, 0.15) is 49.7 Å². The molecule has 0 saturated heterocycles. The van der Waals surface area contributed by atoms with Crippen molar-refractivity contribution in [2.75, 3.05) is 0 Å². The minimum atomic E-state index is -0.838. The van der Waals surface area contributed by atoms with Crippen LogP contribution < -0.4 is 5.69 Å². The van der Waals surface area contributed by atoms with Crippen LogP contribution in [0.5, 0.6) is 0 Å². The molecule has 0 aliphatic carbocycles. The van der Waals surface area contributed by atoms with Crippen molar-refractivity contribution in [2.45, 2.75) is 53.0 Å². The Hall–Kier alpha value is -1.65. The van der Waals surface area contributed by atoms with Gasteiger partial charge in [-0.15, -0.1) is 0 Å². The highest BCUT2D eigenvalue weighted by molar-refractivity contribution is 5.67. The standard InChI is InChI=1S/C13H20N2O3/c1-5-8(2)15-10(4)11(6-7-12(16)17)9(3)14-13(15)18/h8H,5-7H2,1-4H3,(H,16,17). The van der Waals surface area contributed by atoms with Crippen molar-refractivity contribution in [1.29, 1.82) is 0 Å². The SMILES string of the molecule is CCC(C)n1c(C)c(CCC(=O)O)c(C)nc1=O. The number of aryl methyl sites for hydroxylation is 1. The average molecular weight is 252 g/mol. The van der Waals surface area contributed by atoms with Gasteiger partial charge in [-0.2, -0.15) is 4.98 Å². The van der Waals surface area contributed by atoms with Gasteiger partial charge in [0.25, 0.3) is 0 Å². The summed E-state index contributed by atoms with van der Waals surface area (Å²) in [5.74, 6) is -0.838. The second kappa shape index (κ2) is 5.80. The minimum Gasteiger partial charge on any atom is -0.481 e. The zero-order valence-electron chi connectivity index (χ0n) is 11.4. The Morgan fingerprint density at radius 1 is 1.44 bits per heavy atom. The Morgan fingerprint density at radius 3 is 2.56 bits per heavy atom. The van der Waals surface area contributed by atoms with Crippen LogP contribution in [0.2, 0.25) is 0 Å². The van der Waals surface area contributed by atoms with Crippen LogP contribution in [0, 0.1) is 13.8 Å². The largest absolute Gasteiger partial charge is 0.481 e. The number of carbonyl (C=O) groups is 1. The zero-order valence-corrected chi connectivity index (χ0v) is 11.4. The molecule has 1 rings (SSSR count). The fourth-order valence-electron chi connectivity index (χ4n) is 2.11. The number of rotatable bonds is 5. The minimum absolute atomic E-state index is 0.0576. The molecule has 0 saturated carbocycles. The number of hydrogen-bond acceptors (Lipinski definition) is 3. The van der Waals surface area contributed by atoms with E-state index in [1.54, 1.807) is 11.5 Å². The van der Waals surface area contributed by atoms with Crippen LogP contribution in [0.4, 0.5) is 0 Å². The number of aromatic nitrogens is 2. The topological polar surface area (TPSA) is 72.2 Å². The van der Waals surface area contributed by atoms with Crippen LogP contribution >= 0.6 is 0 Å². The summed E-state index contributed by atoms with van der Waals surface area (Å²) in [6.45, 7) is 7.59. The Kier molecular flexibility index (Phi) is 4.64. The predicted octanol–water partition coefficient (Wildman–Crippen LogP) is 1.85. The molecule has 0 amide bonds. The van der Waals surface area contributed by atoms with Gasteiger partial charge < -0.3 is 5.11 Å². The van der Waals surface area contributed by atoms with Gasteiger partial charge in [0.15, 0.2) is 0 Å². The molecule has 100 valence electrons. The summed E-state index contributed by atoms with van der Waals surface area (Å²) in [5, 5.41) is 8.75. The van der Waals surface area contributed by atoms with E-state index in [0.29, 0.717) is 12.1 Å². The van der Waals surface area contributed by atoms with E-state index in [1.807, 2.05) is 20.8 Å². The highest BCUT2D eigenvalue weighted by atomic mass is 16.4. The number of hydrogen-bond donors (Lipinski definition) is 1. The fourth-order valence-corrected chi connectivity index (χ4v) is 2.11. The first-order valence-electron chi connectivity index (χ1n) is 6.18. The van der Waals surface area contributed by atoms with E-state index in [0.717, 1.165) is 17.7 Å². The fraction of sp³-hybridized carbons (Fsp3) is 0.615. The quantitative estimate of drug-likeness (QED) is 0.868. The third kappa shape index (κ3) is 2.97. The van der Waals surface area contributed by atoms with Crippen molar-refractivity contribution in [3.05, 3.63) is 27.4 Å². The molecular weight excluding hydrogens is 232 g/mol. The third-order valence-corrected chi connectivity index (χ3v) is 3.32. The first-order valence-corrected chi connectivity index (χ1v) is 6.18. The summed E-state index contributed by atoms with van der Waals surface area (Å²) in [6.07, 6.45) is 1.31. The number of aliphatic carboxylic acids is 1. The van der Waals surface area contributed by atoms with Crippen LogP contribution in [0.25, 0.3) is 0 Å². The molecule has 5 heteroatoms. The van der Waals surface area contributed by atoms with E-state index in [1.165, 1.54) is 0 Å². The summed E-state index contributed by atoms with van der Waals surface area (Å²) in [5.41, 5.74) is 2.09. The molecule has 0 radical (unpaired) electrons. The molecular formula is C13H20N2O3. The second-order valence-corrected chi connectivity index (χ2v) is 4.56. The molecule has 1 heterocycles. The number of carboxylic acids is 1. The van der Waals surface area contributed by atoms with Crippen LogP contribution in [-0.4, -0.2) is 20.6 Å². The summed E-state index contributed by atoms with van der Waals surface area (Å²) in [7, 11) is 0. The maximum atomic E-state index is 11.9. The van der Waals surface area contributed by atoms with Gasteiger partial charge in [0.05, 0.1) is 0 Å².